The number of hydrogen-bond donors (Lipinski definition) is 1. The molecule has 0 heterocycles. The molecule has 4 aliphatic carbocycles. The zero-order valence-corrected chi connectivity index (χ0v) is 11.3. The Morgan fingerprint density at radius 1 is 1.21 bits per heavy atom. The van der Waals surface area contributed by atoms with Gasteiger partial charge >= 0.3 is 5.97 Å². The summed E-state index contributed by atoms with van der Waals surface area (Å²) >= 11 is 0. The van der Waals surface area contributed by atoms with Crippen molar-refractivity contribution in [1.29, 1.82) is 5.26 Å². The second kappa shape index (κ2) is 4.88. The van der Waals surface area contributed by atoms with Crippen LogP contribution in [-0.2, 0) is 9.53 Å². The fraction of sp³-hybridized carbons (Fsp3) is 0.733. The van der Waals surface area contributed by atoms with Gasteiger partial charge in [0.25, 0.3) is 0 Å². The van der Waals surface area contributed by atoms with Crippen LogP contribution in [-0.4, -0.2) is 19.1 Å². The highest BCUT2D eigenvalue weighted by atomic mass is 16.5. The highest BCUT2D eigenvalue weighted by Gasteiger charge is 2.47. The minimum Gasteiger partial charge on any atom is -0.465 e. The van der Waals surface area contributed by atoms with Crippen molar-refractivity contribution in [2.45, 2.75) is 38.1 Å². The third-order valence-corrected chi connectivity index (χ3v) is 5.17. The summed E-state index contributed by atoms with van der Waals surface area (Å²) in [5, 5.41) is 12.3. The molecular weight excluding hydrogens is 240 g/mol. The molecule has 0 aromatic heterocycles. The van der Waals surface area contributed by atoms with Crippen LogP contribution in [0.2, 0.25) is 0 Å². The number of methoxy groups -OCH3 is 1. The number of esters is 1. The molecule has 4 fully saturated rings. The van der Waals surface area contributed by atoms with Crippen molar-refractivity contribution in [1.82, 2.24) is 5.32 Å². The summed E-state index contributed by atoms with van der Waals surface area (Å²) in [6, 6.07) is 2.34. The number of nitriles is 1. The van der Waals surface area contributed by atoms with Crippen LogP contribution in [0.4, 0.5) is 0 Å². The number of carbonyl (C=O) groups is 1. The summed E-state index contributed by atoms with van der Waals surface area (Å²) in [6.45, 7) is 0. The molecule has 0 aromatic carbocycles. The molecule has 0 aliphatic heterocycles. The van der Waals surface area contributed by atoms with Gasteiger partial charge < -0.3 is 10.1 Å². The zero-order valence-electron chi connectivity index (χ0n) is 11.3. The fourth-order valence-corrected chi connectivity index (χ4v) is 4.62. The van der Waals surface area contributed by atoms with E-state index < -0.39 is 5.97 Å². The molecule has 4 nitrogen and oxygen atoms in total. The van der Waals surface area contributed by atoms with E-state index in [4.69, 9.17) is 5.26 Å². The minimum atomic E-state index is -0.557. The molecule has 0 unspecified atom stereocenters. The van der Waals surface area contributed by atoms with Crippen molar-refractivity contribution in [3.63, 3.8) is 0 Å². The lowest BCUT2D eigenvalue weighted by Gasteiger charge is -2.54. The van der Waals surface area contributed by atoms with E-state index in [-0.39, 0.29) is 5.57 Å². The maximum absolute atomic E-state index is 11.4. The van der Waals surface area contributed by atoms with Gasteiger partial charge in [-0.1, -0.05) is 0 Å². The molecule has 4 rings (SSSR count). The second-order valence-electron chi connectivity index (χ2n) is 6.28. The van der Waals surface area contributed by atoms with Gasteiger partial charge in [-0.05, 0) is 55.8 Å². The molecule has 4 saturated carbocycles. The van der Waals surface area contributed by atoms with E-state index in [0.29, 0.717) is 6.04 Å². The standard InChI is InChI=1S/C15H20N2O2/c1-19-15(18)13(7-16)8-17-14-11-3-9-2-10(5-11)6-12(14)4-9/h8-12,14,17H,2-6H2,1H3/b13-8+. The van der Waals surface area contributed by atoms with Crippen molar-refractivity contribution < 1.29 is 9.53 Å². The molecule has 0 atom stereocenters. The average molecular weight is 260 g/mol. The minimum absolute atomic E-state index is 0.0660. The van der Waals surface area contributed by atoms with Crippen LogP contribution in [0.3, 0.4) is 0 Å². The lowest BCUT2D eigenvalue weighted by atomic mass is 9.54. The van der Waals surface area contributed by atoms with Crippen LogP contribution in [0.15, 0.2) is 11.8 Å². The summed E-state index contributed by atoms with van der Waals surface area (Å²) in [6.07, 6.45) is 8.27. The van der Waals surface area contributed by atoms with Gasteiger partial charge in [-0.15, -0.1) is 0 Å². The molecule has 4 bridgehead atoms. The molecule has 0 amide bonds. The van der Waals surface area contributed by atoms with Crippen molar-refractivity contribution in [2.75, 3.05) is 7.11 Å². The first kappa shape index (κ1) is 12.5. The lowest BCUT2D eigenvalue weighted by molar-refractivity contribution is -0.135. The lowest BCUT2D eigenvalue weighted by Crippen LogP contribution is -2.53. The summed E-state index contributed by atoms with van der Waals surface area (Å²) in [5.41, 5.74) is 0.0660. The van der Waals surface area contributed by atoms with Gasteiger partial charge in [-0.25, -0.2) is 4.79 Å². The van der Waals surface area contributed by atoms with E-state index in [0.717, 1.165) is 23.7 Å². The highest BCUT2D eigenvalue weighted by Crippen LogP contribution is 2.53. The van der Waals surface area contributed by atoms with Crippen LogP contribution >= 0.6 is 0 Å². The largest absolute Gasteiger partial charge is 0.465 e. The summed E-state index contributed by atoms with van der Waals surface area (Å²) < 4.78 is 4.59. The summed E-state index contributed by atoms with van der Waals surface area (Å²) in [5.74, 6) is 2.76. The number of rotatable bonds is 3. The van der Waals surface area contributed by atoms with Gasteiger partial charge in [0.1, 0.15) is 6.07 Å². The Balaban J connectivity index is 1.69. The van der Waals surface area contributed by atoms with E-state index in [1.807, 2.05) is 6.07 Å². The Bertz CT molecular complexity index is 422. The molecule has 4 aliphatic rings. The van der Waals surface area contributed by atoms with E-state index in [9.17, 15) is 4.79 Å². The smallest absolute Gasteiger partial charge is 0.350 e. The quantitative estimate of drug-likeness (QED) is 0.479. The highest BCUT2D eigenvalue weighted by molar-refractivity contribution is 5.92. The molecule has 0 saturated heterocycles. The van der Waals surface area contributed by atoms with Gasteiger partial charge in [0.15, 0.2) is 5.57 Å². The first-order valence-corrected chi connectivity index (χ1v) is 7.16. The van der Waals surface area contributed by atoms with Crippen LogP contribution in [0.25, 0.3) is 0 Å². The summed E-state index contributed by atoms with van der Waals surface area (Å²) in [4.78, 5) is 11.4. The van der Waals surface area contributed by atoms with E-state index >= 15 is 0 Å². The Morgan fingerprint density at radius 3 is 2.26 bits per heavy atom. The first-order valence-electron chi connectivity index (χ1n) is 7.16. The van der Waals surface area contributed by atoms with Crippen molar-refractivity contribution in [3.05, 3.63) is 11.8 Å². The van der Waals surface area contributed by atoms with Crippen LogP contribution in [0.5, 0.6) is 0 Å². The van der Waals surface area contributed by atoms with Gasteiger partial charge in [0.05, 0.1) is 7.11 Å². The summed E-state index contributed by atoms with van der Waals surface area (Å²) in [7, 11) is 1.30. The van der Waals surface area contributed by atoms with Gasteiger partial charge in [-0.2, -0.15) is 5.26 Å². The molecule has 102 valence electrons. The number of nitrogens with zero attached hydrogens (tertiary/aromatic N) is 1. The third-order valence-electron chi connectivity index (χ3n) is 5.17. The Labute approximate surface area is 113 Å². The topological polar surface area (TPSA) is 62.1 Å². The normalized spacial score (nSPS) is 39.8. The van der Waals surface area contributed by atoms with Gasteiger partial charge in [0, 0.05) is 12.2 Å². The zero-order chi connectivity index (χ0) is 13.4. The molecule has 4 heteroatoms. The van der Waals surface area contributed by atoms with Crippen molar-refractivity contribution >= 4 is 5.97 Å². The Kier molecular flexibility index (Phi) is 3.22. The molecule has 0 radical (unpaired) electrons. The third kappa shape index (κ3) is 2.22. The number of ether oxygens (including phenoxy) is 1. The molecule has 19 heavy (non-hydrogen) atoms. The van der Waals surface area contributed by atoms with Crippen LogP contribution < -0.4 is 5.32 Å². The van der Waals surface area contributed by atoms with Crippen LogP contribution in [0, 0.1) is 35.0 Å². The van der Waals surface area contributed by atoms with Gasteiger partial charge in [-0.3, -0.25) is 0 Å². The molecule has 0 spiro atoms. The first-order chi connectivity index (χ1) is 9.21. The molecule has 1 N–H and O–H groups in total. The van der Waals surface area contributed by atoms with E-state index in [1.165, 1.54) is 39.2 Å². The van der Waals surface area contributed by atoms with Crippen LogP contribution in [0.1, 0.15) is 32.1 Å². The molecule has 0 aromatic rings. The molecular formula is C15H20N2O2. The second-order valence-corrected chi connectivity index (χ2v) is 6.28. The SMILES string of the molecule is COC(=O)/C(C#N)=C/NC1C2CC3CC(C2)CC1C3. The van der Waals surface area contributed by atoms with E-state index in [1.54, 1.807) is 6.20 Å². The fourth-order valence-electron chi connectivity index (χ4n) is 4.62. The predicted molar refractivity (Wildman–Crippen MR) is 69.7 cm³/mol. The Hall–Kier alpha value is -1.50. The van der Waals surface area contributed by atoms with E-state index in [2.05, 4.69) is 10.1 Å². The van der Waals surface area contributed by atoms with Crippen molar-refractivity contribution in [2.24, 2.45) is 23.7 Å². The average Bonchev–Trinajstić information content (AvgIpc) is 2.40. The maximum atomic E-state index is 11.4. The number of carbonyl (C=O) groups excluding carboxylic acids is 1. The predicted octanol–water partition coefficient (Wildman–Crippen LogP) is 1.98. The number of hydrogen-bond acceptors (Lipinski definition) is 4. The number of nitrogens with one attached hydrogen (secondary N) is 1. The maximum Gasteiger partial charge on any atom is 0.350 e. The van der Waals surface area contributed by atoms with Gasteiger partial charge in [0.2, 0.25) is 0 Å². The Morgan fingerprint density at radius 2 is 1.79 bits per heavy atom. The monoisotopic (exact) mass is 260 g/mol. The van der Waals surface area contributed by atoms with Crippen molar-refractivity contribution in [3.8, 4) is 6.07 Å².